The summed E-state index contributed by atoms with van der Waals surface area (Å²) >= 11 is 0. The number of hydrogen-bond donors (Lipinski definition) is 0. The van der Waals surface area contributed by atoms with E-state index in [0.717, 1.165) is 32.6 Å². The Kier molecular flexibility index (Phi) is 4.74. The number of benzene rings is 1. The molecule has 1 aliphatic rings. The third-order valence-corrected chi connectivity index (χ3v) is 3.59. The van der Waals surface area contributed by atoms with Gasteiger partial charge in [-0.05, 0) is 25.5 Å². The van der Waals surface area contributed by atoms with Crippen LogP contribution >= 0.6 is 0 Å². The summed E-state index contributed by atoms with van der Waals surface area (Å²) in [5, 5.41) is 8.82. The monoisotopic (exact) mass is 243 g/mol. The fourth-order valence-electron chi connectivity index (χ4n) is 2.61. The Hall–Kier alpha value is -1.37. The molecule has 1 aromatic carbocycles. The van der Waals surface area contributed by atoms with Crippen LogP contribution in [0.25, 0.3) is 0 Å². The molecule has 0 bridgehead atoms. The highest BCUT2D eigenvalue weighted by Crippen LogP contribution is 2.12. The van der Waals surface area contributed by atoms with E-state index < -0.39 is 0 Å². The van der Waals surface area contributed by atoms with Crippen molar-refractivity contribution < 1.29 is 0 Å². The topological polar surface area (TPSA) is 30.3 Å². The van der Waals surface area contributed by atoms with Crippen LogP contribution in [0.5, 0.6) is 0 Å². The summed E-state index contributed by atoms with van der Waals surface area (Å²) in [5.41, 5.74) is 1.37. The molecular formula is C15H21N3. The zero-order valence-corrected chi connectivity index (χ0v) is 11.0. The number of nitriles is 1. The predicted molar refractivity (Wildman–Crippen MR) is 73.0 cm³/mol. The molecule has 18 heavy (non-hydrogen) atoms. The molecule has 1 fully saturated rings. The van der Waals surface area contributed by atoms with Crippen molar-refractivity contribution in [1.29, 1.82) is 5.26 Å². The fraction of sp³-hybridized carbons (Fsp3) is 0.533. The number of nitrogens with zero attached hydrogens (tertiary/aromatic N) is 3. The van der Waals surface area contributed by atoms with Crippen molar-refractivity contribution >= 4 is 0 Å². The van der Waals surface area contributed by atoms with Crippen LogP contribution in [0.3, 0.4) is 0 Å². The Morgan fingerprint density at radius 2 is 2.06 bits per heavy atom. The third-order valence-electron chi connectivity index (χ3n) is 3.59. The average Bonchev–Trinajstić information content (AvgIpc) is 2.54. The van der Waals surface area contributed by atoms with Gasteiger partial charge in [0.15, 0.2) is 0 Å². The van der Waals surface area contributed by atoms with E-state index in [2.05, 4.69) is 53.1 Å². The largest absolute Gasteiger partial charge is 0.297 e. The molecule has 3 nitrogen and oxygen atoms in total. The maximum atomic E-state index is 8.82. The van der Waals surface area contributed by atoms with Crippen LogP contribution in [0.2, 0.25) is 0 Å². The van der Waals surface area contributed by atoms with E-state index in [1.54, 1.807) is 0 Å². The maximum Gasteiger partial charge on any atom is 0.0868 e. The molecule has 0 radical (unpaired) electrons. The molecule has 0 N–H and O–H groups in total. The Labute approximate surface area is 110 Å². The molecule has 1 saturated heterocycles. The van der Waals surface area contributed by atoms with Gasteiger partial charge in [0.2, 0.25) is 0 Å². The quantitative estimate of drug-likeness (QED) is 0.762. The molecule has 1 atom stereocenters. The zero-order chi connectivity index (χ0) is 12.8. The van der Waals surface area contributed by atoms with Gasteiger partial charge in [-0.25, -0.2) is 0 Å². The highest BCUT2D eigenvalue weighted by atomic mass is 15.2. The molecule has 0 aromatic heterocycles. The summed E-state index contributed by atoms with van der Waals surface area (Å²) in [7, 11) is 0. The van der Waals surface area contributed by atoms with E-state index in [9.17, 15) is 0 Å². The summed E-state index contributed by atoms with van der Waals surface area (Å²) in [6.07, 6.45) is 1.15. The van der Waals surface area contributed by atoms with Crippen molar-refractivity contribution in [3.8, 4) is 6.07 Å². The number of hydrogen-bond acceptors (Lipinski definition) is 3. The first-order chi connectivity index (χ1) is 8.79. The van der Waals surface area contributed by atoms with Crippen molar-refractivity contribution in [2.75, 3.05) is 26.2 Å². The molecular weight excluding hydrogens is 222 g/mol. The zero-order valence-electron chi connectivity index (χ0n) is 11.0. The van der Waals surface area contributed by atoms with Gasteiger partial charge in [0, 0.05) is 25.7 Å². The van der Waals surface area contributed by atoms with Crippen molar-refractivity contribution in [3.63, 3.8) is 0 Å². The van der Waals surface area contributed by atoms with Gasteiger partial charge in [-0.15, -0.1) is 0 Å². The highest BCUT2D eigenvalue weighted by Gasteiger charge is 2.20. The Bertz CT molecular complexity index is 396. The summed E-state index contributed by atoms with van der Waals surface area (Å²) in [5.74, 6) is 0. The molecule has 0 amide bonds. The van der Waals surface area contributed by atoms with Crippen LogP contribution in [0.15, 0.2) is 30.3 Å². The normalized spacial score (nSPS) is 22.3. The van der Waals surface area contributed by atoms with Crippen molar-refractivity contribution in [2.24, 2.45) is 0 Å². The minimum atomic E-state index is 0.468. The van der Waals surface area contributed by atoms with Crippen LogP contribution in [0.4, 0.5) is 0 Å². The molecule has 2 rings (SSSR count). The fourth-order valence-corrected chi connectivity index (χ4v) is 2.61. The van der Waals surface area contributed by atoms with Crippen molar-refractivity contribution in [3.05, 3.63) is 35.9 Å². The average molecular weight is 243 g/mol. The number of rotatable bonds is 3. The van der Waals surface area contributed by atoms with Gasteiger partial charge in [0.25, 0.3) is 0 Å². The van der Waals surface area contributed by atoms with Gasteiger partial charge < -0.3 is 0 Å². The van der Waals surface area contributed by atoms with E-state index in [0.29, 0.717) is 12.6 Å². The van der Waals surface area contributed by atoms with Crippen LogP contribution in [-0.2, 0) is 6.54 Å². The molecule has 1 heterocycles. The van der Waals surface area contributed by atoms with Gasteiger partial charge in [0.05, 0.1) is 12.6 Å². The van der Waals surface area contributed by atoms with Gasteiger partial charge in [-0.2, -0.15) is 5.26 Å². The molecule has 0 spiro atoms. The second-order valence-electron chi connectivity index (χ2n) is 5.05. The first-order valence-corrected chi connectivity index (χ1v) is 6.67. The second-order valence-corrected chi connectivity index (χ2v) is 5.05. The summed E-state index contributed by atoms with van der Waals surface area (Å²) in [6, 6.07) is 13.4. The molecule has 0 aliphatic carbocycles. The Morgan fingerprint density at radius 3 is 2.78 bits per heavy atom. The van der Waals surface area contributed by atoms with Gasteiger partial charge in [0.1, 0.15) is 0 Å². The summed E-state index contributed by atoms with van der Waals surface area (Å²) in [6.45, 7) is 7.02. The molecule has 1 aliphatic heterocycles. The van der Waals surface area contributed by atoms with E-state index in [1.807, 2.05) is 0 Å². The second kappa shape index (κ2) is 6.53. The van der Waals surface area contributed by atoms with Gasteiger partial charge >= 0.3 is 0 Å². The standard InChI is InChI=1S/C15H21N3/c1-14-12-17(9-5-10-18(14)11-8-16)13-15-6-3-2-4-7-15/h2-4,6-7,14H,5,9-13H2,1H3. The van der Waals surface area contributed by atoms with Crippen LogP contribution in [0.1, 0.15) is 18.9 Å². The Balaban J connectivity index is 1.93. The van der Waals surface area contributed by atoms with Crippen LogP contribution in [0, 0.1) is 11.3 Å². The lowest BCUT2D eigenvalue weighted by atomic mass is 10.2. The minimum Gasteiger partial charge on any atom is -0.297 e. The lowest BCUT2D eigenvalue weighted by molar-refractivity contribution is 0.203. The summed E-state index contributed by atoms with van der Waals surface area (Å²) in [4.78, 5) is 4.78. The highest BCUT2D eigenvalue weighted by molar-refractivity contribution is 5.14. The van der Waals surface area contributed by atoms with Crippen molar-refractivity contribution in [2.45, 2.75) is 25.9 Å². The summed E-state index contributed by atoms with van der Waals surface area (Å²) < 4.78 is 0. The maximum absolute atomic E-state index is 8.82. The molecule has 0 saturated carbocycles. The first kappa shape index (κ1) is 13.1. The third kappa shape index (κ3) is 3.56. The van der Waals surface area contributed by atoms with Crippen molar-refractivity contribution in [1.82, 2.24) is 9.80 Å². The van der Waals surface area contributed by atoms with Gasteiger partial charge in [-0.1, -0.05) is 30.3 Å². The van der Waals surface area contributed by atoms with E-state index in [1.165, 1.54) is 5.56 Å². The SMILES string of the molecule is CC1CN(Cc2ccccc2)CCCN1CC#N. The Morgan fingerprint density at radius 1 is 1.28 bits per heavy atom. The van der Waals surface area contributed by atoms with Crippen LogP contribution < -0.4 is 0 Å². The van der Waals surface area contributed by atoms with E-state index in [-0.39, 0.29) is 0 Å². The van der Waals surface area contributed by atoms with Gasteiger partial charge in [-0.3, -0.25) is 9.80 Å². The molecule has 1 aromatic rings. The smallest absolute Gasteiger partial charge is 0.0868 e. The lowest BCUT2D eigenvalue weighted by Gasteiger charge is -2.27. The molecule has 96 valence electrons. The lowest BCUT2D eigenvalue weighted by Crippen LogP contribution is -2.38. The van der Waals surface area contributed by atoms with E-state index in [4.69, 9.17) is 5.26 Å². The van der Waals surface area contributed by atoms with Crippen LogP contribution in [-0.4, -0.2) is 42.0 Å². The molecule has 1 unspecified atom stereocenters. The van der Waals surface area contributed by atoms with E-state index >= 15 is 0 Å². The predicted octanol–water partition coefficient (Wildman–Crippen LogP) is 2.11. The molecule has 3 heteroatoms. The minimum absolute atomic E-state index is 0.468. The first-order valence-electron chi connectivity index (χ1n) is 6.67.